The van der Waals surface area contributed by atoms with E-state index >= 15 is 0 Å². The maximum Gasteiger partial charge on any atom is 0.110 e. The van der Waals surface area contributed by atoms with Crippen LogP contribution in [0.25, 0.3) is 0 Å². The minimum atomic E-state index is -0.853. The third-order valence-electron chi connectivity index (χ3n) is 2.67. The summed E-state index contributed by atoms with van der Waals surface area (Å²) in [6.45, 7) is 4.26. The molecule has 0 saturated carbocycles. The van der Waals surface area contributed by atoms with Gasteiger partial charge in [0, 0.05) is 12.1 Å². The van der Waals surface area contributed by atoms with Gasteiger partial charge in [-0.1, -0.05) is 0 Å². The van der Waals surface area contributed by atoms with Gasteiger partial charge in [0.05, 0.1) is 0 Å². The molecule has 1 aliphatic rings. The Bertz CT molecular complexity index is 149. The van der Waals surface area contributed by atoms with Gasteiger partial charge >= 0.3 is 0 Å². The lowest BCUT2D eigenvalue weighted by Crippen LogP contribution is -2.45. The molecule has 0 spiro atoms. The molecule has 1 nitrogen and oxygen atoms in total. The van der Waals surface area contributed by atoms with Crippen LogP contribution in [0.1, 0.15) is 26.7 Å². The van der Waals surface area contributed by atoms with Gasteiger partial charge in [-0.3, -0.25) is 4.90 Å². The van der Waals surface area contributed by atoms with Crippen molar-refractivity contribution in [3.63, 3.8) is 0 Å². The Kier molecular flexibility index (Phi) is 3.04. The van der Waals surface area contributed by atoms with Crippen LogP contribution in [0, 0.1) is 0 Å². The highest BCUT2D eigenvalue weighted by Crippen LogP contribution is 2.29. The van der Waals surface area contributed by atoms with E-state index in [2.05, 4.69) is 0 Å². The third kappa shape index (κ3) is 1.94. The Labute approximate surface area is 72.7 Å². The third-order valence-corrected chi connectivity index (χ3v) is 2.67. The van der Waals surface area contributed by atoms with Crippen molar-refractivity contribution >= 4 is 0 Å². The largest absolute Gasteiger partial charge is 0.292 e. The molecule has 3 heteroatoms. The highest BCUT2D eigenvalue weighted by atomic mass is 19.1. The van der Waals surface area contributed by atoms with Gasteiger partial charge in [0.1, 0.15) is 12.8 Å². The molecule has 0 bridgehead atoms. The highest BCUT2D eigenvalue weighted by Gasteiger charge is 2.36. The number of rotatable bonds is 3. The second-order valence-corrected chi connectivity index (χ2v) is 3.96. The van der Waals surface area contributed by atoms with Crippen molar-refractivity contribution < 1.29 is 8.78 Å². The Morgan fingerprint density at radius 2 is 2.25 bits per heavy atom. The van der Waals surface area contributed by atoms with E-state index in [1.54, 1.807) is 0 Å². The molecule has 0 aromatic heterocycles. The molecule has 0 N–H and O–H groups in total. The van der Waals surface area contributed by atoms with Crippen LogP contribution >= 0.6 is 0 Å². The van der Waals surface area contributed by atoms with Gasteiger partial charge in [-0.05, 0) is 33.2 Å². The SMILES string of the molecule is C[C@@H](F)CN1CCC[C@@]1(C)CF. The summed E-state index contributed by atoms with van der Waals surface area (Å²) in [6.07, 6.45) is 0.998. The quantitative estimate of drug-likeness (QED) is 0.638. The van der Waals surface area contributed by atoms with E-state index in [1.807, 2.05) is 11.8 Å². The first-order valence-electron chi connectivity index (χ1n) is 4.53. The Hall–Kier alpha value is -0.180. The molecule has 1 aliphatic heterocycles. The summed E-state index contributed by atoms with van der Waals surface area (Å²) in [4.78, 5) is 1.93. The summed E-state index contributed by atoms with van der Waals surface area (Å²) in [5.41, 5.74) is -0.389. The first-order chi connectivity index (χ1) is 5.58. The summed E-state index contributed by atoms with van der Waals surface area (Å²) in [5, 5.41) is 0. The maximum atomic E-state index is 12.7. The average molecular weight is 177 g/mol. The Morgan fingerprint density at radius 3 is 2.75 bits per heavy atom. The average Bonchev–Trinajstić information content (AvgIpc) is 2.33. The zero-order chi connectivity index (χ0) is 9.19. The molecule has 0 amide bonds. The fourth-order valence-corrected chi connectivity index (χ4v) is 1.85. The smallest absolute Gasteiger partial charge is 0.110 e. The summed E-state index contributed by atoms with van der Waals surface area (Å²) in [5.74, 6) is 0. The lowest BCUT2D eigenvalue weighted by Gasteiger charge is -2.32. The van der Waals surface area contributed by atoms with Gasteiger partial charge in [-0.2, -0.15) is 0 Å². The molecule has 1 heterocycles. The number of halogens is 2. The van der Waals surface area contributed by atoms with Crippen LogP contribution in [0.5, 0.6) is 0 Å². The van der Waals surface area contributed by atoms with E-state index in [1.165, 1.54) is 6.92 Å². The van der Waals surface area contributed by atoms with Crippen LogP contribution in [0.4, 0.5) is 8.78 Å². The van der Waals surface area contributed by atoms with E-state index in [9.17, 15) is 8.78 Å². The first kappa shape index (κ1) is 9.90. The van der Waals surface area contributed by atoms with Crippen LogP contribution in [0.3, 0.4) is 0 Å². The van der Waals surface area contributed by atoms with E-state index < -0.39 is 6.17 Å². The normalized spacial score (nSPS) is 34.0. The van der Waals surface area contributed by atoms with Crippen LogP contribution in [-0.2, 0) is 0 Å². The molecule has 0 aromatic rings. The Balaban J connectivity index is 2.51. The number of alkyl halides is 2. The van der Waals surface area contributed by atoms with E-state index in [-0.39, 0.29) is 12.2 Å². The second-order valence-electron chi connectivity index (χ2n) is 3.96. The van der Waals surface area contributed by atoms with Crippen molar-refractivity contribution in [1.29, 1.82) is 0 Å². The van der Waals surface area contributed by atoms with E-state index in [0.717, 1.165) is 19.4 Å². The number of hydrogen-bond acceptors (Lipinski definition) is 1. The summed E-state index contributed by atoms with van der Waals surface area (Å²) < 4.78 is 25.3. The monoisotopic (exact) mass is 177 g/mol. The van der Waals surface area contributed by atoms with Crippen LogP contribution in [-0.4, -0.2) is 36.4 Å². The zero-order valence-corrected chi connectivity index (χ0v) is 7.82. The standard InChI is InChI=1S/C9H17F2N/c1-8(11)6-12-5-3-4-9(12,2)7-10/h8H,3-7H2,1-2H3/t8-,9+/m1/s1. The van der Waals surface area contributed by atoms with Crippen molar-refractivity contribution in [2.75, 3.05) is 19.8 Å². The van der Waals surface area contributed by atoms with Gasteiger partial charge < -0.3 is 0 Å². The highest BCUT2D eigenvalue weighted by molar-refractivity contribution is 4.92. The molecule has 0 radical (unpaired) electrons. The molecular formula is C9H17F2N. The molecule has 1 rings (SSSR count). The summed E-state index contributed by atoms with van der Waals surface area (Å²) in [7, 11) is 0. The zero-order valence-electron chi connectivity index (χ0n) is 7.82. The van der Waals surface area contributed by atoms with Crippen molar-refractivity contribution in [3.05, 3.63) is 0 Å². The molecular weight excluding hydrogens is 160 g/mol. The number of likely N-dealkylation sites (tertiary alicyclic amines) is 1. The topological polar surface area (TPSA) is 3.24 Å². The summed E-state index contributed by atoms with van der Waals surface area (Å²) in [6, 6.07) is 0. The van der Waals surface area contributed by atoms with Crippen molar-refractivity contribution in [1.82, 2.24) is 4.90 Å². The van der Waals surface area contributed by atoms with Crippen LogP contribution in [0.15, 0.2) is 0 Å². The van der Waals surface area contributed by atoms with Gasteiger partial charge in [-0.15, -0.1) is 0 Å². The van der Waals surface area contributed by atoms with Gasteiger partial charge in [0.15, 0.2) is 0 Å². The lowest BCUT2D eigenvalue weighted by molar-refractivity contribution is 0.0953. The number of nitrogens with zero attached hydrogens (tertiary/aromatic N) is 1. The van der Waals surface area contributed by atoms with Crippen molar-refractivity contribution in [2.45, 2.75) is 38.4 Å². The first-order valence-corrected chi connectivity index (χ1v) is 4.53. The van der Waals surface area contributed by atoms with Crippen LogP contribution < -0.4 is 0 Å². The van der Waals surface area contributed by atoms with E-state index in [0.29, 0.717) is 6.54 Å². The van der Waals surface area contributed by atoms with Gasteiger partial charge in [0.2, 0.25) is 0 Å². The Morgan fingerprint density at radius 1 is 1.58 bits per heavy atom. The molecule has 2 atom stereocenters. The van der Waals surface area contributed by atoms with Gasteiger partial charge in [-0.25, -0.2) is 8.78 Å². The van der Waals surface area contributed by atoms with Gasteiger partial charge in [0.25, 0.3) is 0 Å². The molecule has 1 fully saturated rings. The van der Waals surface area contributed by atoms with Crippen molar-refractivity contribution in [3.8, 4) is 0 Å². The summed E-state index contributed by atoms with van der Waals surface area (Å²) >= 11 is 0. The molecule has 0 unspecified atom stereocenters. The maximum absolute atomic E-state index is 12.7. The van der Waals surface area contributed by atoms with Crippen LogP contribution in [0.2, 0.25) is 0 Å². The minimum absolute atomic E-state index is 0.361. The molecule has 0 aliphatic carbocycles. The van der Waals surface area contributed by atoms with E-state index in [4.69, 9.17) is 0 Å². The number of hydrogen-bond donors (Lipinski definition) is 0. The predicted octanol–water partition coefficient (Wildman–Crippen LogP) is 2.17. The molecule has 1 saturated heterocycles. The van der Waals surface area contributed by atoms with Crippen molar-refractivity contribution in [2.24, 2.45) is 0 Å². The lowest BCUT2D eigenvalue weighted by atomic mass is 10.0. The molecule has 72 valence electrons. The minimum Gasteiger partial charge on any atom is -0.292 e. The molecule has 0 aromatic carbocycles. The fraction of sp³-hybridized carbons (Fsp3) is 1.00. The second kappa shape index (κ2) is 3.69. The molecule has 12 heavy (non-hydrogen) atoms. The fourth-order valence-electron chi connectivity index (χ4n) is 1.85. The predicted molar refractivity (Wildman–Crippen MR) is 45.8 cm³/mol.